The van der Waals surface area contributed by atoms with Crippen LogP contribution in [0.3, 0.4) is 0 Å². The molecular formula is H2ClO3PY2. The Kier molecular flexibility index (Phi) is 15.8. The molecule has 2 radical (unpaired) electrons. The predicted molar refractivity (Wildman–Crippen MR) is 17.9 cm³/mol. The van der Waals surface area contributed by atoms with E-state index in [2.05, 4.69) is 11.2 Å². The zero-order valence-electron chi connectivity index (χ0n) is 3.28. The van der Waals surface area contributed by atoms with Crippen LogP contribution < -0.4 is 0 Å². The van der Waals surface area contributed by atoms with E-state index in [4.69, 9.17) is 14.4 Å². The van der Waals surface area contributed by atoms with E-state index in [1.807, 2.05) is 0 Å². The smallest absolute Gasteiger partial charge is 0.313 e. The van der Waals surface area contributed by atoms with E-state index >= 15 is 0 Å². The Bertz CT molecular complexity index is 59.1. The van der Waals surface area contributed by atoms with Crippen LogP contribution in [0.5, 0.6) is 0 Å². The van der Waals surface area contributed by atoms with Gasteiger partial charge in [0.25, 0.3) is 0 Å². The van der Waals surface area contributed by atoms with E-state index in [0.29, 0.717) is 0 Å². The quantitative estimate of drug-likeness (QED) is 0.632. The van der Waals surface area contributed by atoms with E-state index in [1.165, 1.54) is 0 Å². The fourth-order valence-corrected chi connectivity index (χ4v) is 0. The molecule has 0 aromatic heterocycles. The third-order valence-electron chi connectivity index (χ3n) is 0. The van der Waals surface area contributed by atoms with E-state index in [0.717, 1.165) is 0 Å². The Morgan fingerprint density at radius 3 is 1.29 bits per heavy atom. The summed E-state index contributed by atoms with van der Waals surface area (Å²) in [7, 11) is 0. The van der Waals surface area contributed by atoms with Crippen molar-refractivity contribution in [2.75, 3.05) is 0 Å². The molecule has 0 heterocycles. The average molecular weight is 294 g/mol. The first-order chi connectivity index (χ1) is 2.00. The summed E-state index contributed by atoms with van der Waals surface area (Å²) < 4.78 is 9.09. The molecule has 0 saturated heterocycles. The van der Waals surface area contributed by atoms with Gasteiger partial charge in [-0.1, -0.05) is 0 Å². The van der Waals surface area contributed by atoms with Crippen molar-refractivity contribution in [2.24, 2.45) is 0 Å². The van der Waals surface area contributed by atoms with Crippen LogP contribution in [0.1, 0.15) is 0 Å². The first kappa shape index (κ1) is 16.3. The molecule has 0 amide bonds. The zero-order valence-corrected chi connectivity index (χ0v) is 10.6. The monoisotopic (exact) mass is 294 g/mol. The van der Waals surface area contributed by atoms with Crippen molar-refractivity contribution in [3.05, 3.63) is 0 Å². The molecule has 0 rings (SSSR count). The summed E-state index contributed by atoms with van der Waals surface area (Å²) in [5.41, 5.74) is 0. The van der Waals surface area contributed by atoms with Gasteiger partial charge in [0.15, 0.2) is 0 Å². The number of hydrogen-bond acceptors (Lipinski definition) is 1. The molecule has 0 aromatic rings. The molecule has 0 fully saturated rings. The molecule has 0 saturated carbocycles. The van der Waals surface area contributed by atoms with E-state index in [1.54, 1.807) is 0 Å². The topological polar surface area (TPSA) is 57.5 Å². The first-order valence-electron chi connectivity index (χ1n) is 0.752. The Morgan fingerprint density at radius 2 is 1.29 bits per heavy atom. The van der Waals surface area contributed by atoms with Gasteiger partial charge < -0.3 is 9.79 Å². The third-order valence-corrected chi connectivity index (χ3v) is 0. The van der Waals surface area contributed by atoms with Crippen molar-refractivity contribution >= 4 is 18.2 Å². The molecule has 7 heteroatoms. The van der Waals surface area contributed by atoms with E-state index in [-0.39, 0.29) is 65.4 Å². The second-order valence-corrected chi connectivity index (χ2v) is 2.74. The molecule has 0 aromatic carbocycles. The molecular weight excluding hydrogens is 292 g/mol. The summed E-state index contributed by atoms with van der Waals surface area (Å²) in [6.07, 6.45) is 0. The summed E-state index contributed by atoms with van der Waals surface area (Å²) in [5.74, 6) is 0. The van der Waals surface area contributed by atoms with Crippen LogP contribution in [0.2, 0.25) is 0 Å². The van der Waals surface area contributed by atoms with Gasteiger partial charge in [0.05, 0.1) is 0 Å². The maximum Gasteiger partial charge on any atom is 0.419 e. The summed E-state index contributed by atoms with van der Waals surface area (Å²) in [6.45, 7) is -4.17. The van der Waals surface area contributed by atoms with Gasteiger partial charge in [0, 0.05) is 76.7 Å². The van der Waals surface area contributed by atoms with E-state index in [9.17, 15) is 0 Å². The molecule has 0 atom stereocenters. The van der Waals surface area contributed by atoms with Crippen molar-refractivity contribution in [2.45, 2.75) is 0 Å². The van der Waals surface area contributed by atoms with Crippen molar-refractivity contribution < 1.29 is 79.8 Å². The Morgan fingerprint density at radius 1 is 1.29 bits per heavy atom. The molecule has 0 bridgehead atoms. The van der Waals surface area contributed by atoms with Gasteiger partial charge in [-0.05, 0) is 0 Å². The maximum absolute atomic E-state index is 9.09. The van der Waals surface area contributed by atoms with Gasteiger partial charge in [-0.3, -0.25) is 0 Å². The third kappa shape index (κ3) is 54.5. The van der Waals surface area contributed by atoms with Gasteiger partial charge in [0.1, 0.15) is 0 Å². The normalized spacial score (nSPS) is 8.43. The van der Waals surface area contributed by atoms with Gasteiger partial charge in [-0.15, -0.1) is 0 Å². The Balaban J connectivity index is -0.0000000800. The van der Waals surface area contributed by atoms with Crippen LogP contribution in [0.25, 0.3) is 0 Å². The molecule has 38 valence electrons. The van der Waals surface area contributed by atoms with E-state index < -0.39 is 6.95 Å². The van der Waals surface area contributed by atoms with Crippen molar-refractivity contribution in [1.82, 2.24) is 0 Å². The fourth-order valence-electron chi connectivity index (χ4n) is 0. The number of halogens is 1. The van der Waals surface area contributed by atoms with Crippen LogP contribution in [0.15, 0.2) is 0 Å². The second-order valence-electron chi connectivity index (χ2n) is 0.473. The minimum Gasteiger partial charge on any atom is -0.313 e. The SMILES string of the molecule is O=P(O)(O)Cl.[Y].[Y]. The van der Waals surface area contributed by atoms with Crippen LogP contribution in [0, 0.1) is 0 Å². The molecule has 3 nitrogen and oxygen atoms in total. The minimum atomic E-state index is -4.17. The Labute approximate surface area is 96.3 Å². The molecule has 0 aliphatic heterocycles. The fraction of sp³-hybridized carbons (Fsp3) is 0. The van der Waals surface area contributed by atoms with Gasteiger partial charge >= 0.3 is 6.95 Å². The van der Waals surface area contributed by atoms with Gasteiger partial charge in [-0.25, -0.2) is 4.57 Å². The van der Waals surface area contributed by atoms with Crippen molar-refractivity contribution in [3.63, 3.8) is 0 Å². The second kappa shape index (κ2) is 6.76. The van der Waals surface area contributed by atoms with Crippen molar-refractivity contribution in [3.8, 4) is 0 Å². The standard InChI is InChI=1S/ClH2O3P.2Y/c1-5(2,3)4;;/h(H2,2,3,4);;. The van der Waals surface area contributed by atoms with Gasteiger partial charge in [-0.2, -0.15) is 0 Å². The summed E-state index contributed by atoms with van der Waals surface area (Å²) in [6, 6.07) is 0. The zero-order chi connectivity index (χ0) is 4.50. The number of hydrogen-bond donors (Lipinski definition) is 2. The summed E-state index contributed by atoms with van der Waals surface area (Å²) in [5, 5.41) is 0. The van der Waals surface area contributed by atoms with Crippen LogP contribution >= 0.6 is 18.2 Å². The molecule has 0 unspecified atom stereocenters. The summed E-state index contributed by atoms with van der Waals surface area (Å²) >= 11 is 4.20. The summed E-state index contributed by atoms with van der Waals surface area (Å²) in [4.78, 5) is 14.8. The average Bonchev–Trinajstić information content (AvgIpc) is 0.722. The number of rotatable bonds is 0. The molecule has 7 heavy (non-hydrogen) atoms. The molecule has 2 N–H and O–H groups in total. The maximum atomic E-state index is 9.09. The predicted octanol–water partition coefficient (Wildman–Crippen LogP) is 0.313. The molecule has 0 aliphatic carbocycles. The van der Waals surface area contributed by atoms with Crippen LogP contribution in [-0.2, 0) is 70.0 Å². The first-order valence-corrected chi connectivity index (χ1v) is 3.27. The Hall–Kier alpha value is 2.65. The van der Waals surface area contributed by atoms with Crippen molar-refractivity contribution in [1.29, 1.82) is 0 Å². The van der Waals surface area contributed by atoms with Crippen LogP contribution in [-0.4, -0.2) is 9.79 Å². The molecule has 0 aliphatic rings. The largest absolute Gasteiger partial charge is 0.419 e. The minimum absolute atomic E-state index is 0. The van der Waals surface area contributed by atoms with Crippen LogP contribution in [0.4, 0.5) is 0 Å². The molecule has 0 spiro atoms. The van der Waals surface area contributed by atoms with Gasteiger partial charge in [0.2, 0.25) is 0 Å².